The van der Waals surface area contributed by atoms with E-state index in [0.717, 1.165) is 48.3 Å². The highest BCUT2D eigenvalue weighted by Gasteiger charge is 2.59. The standard InChI is InChI=1S/C30H50O.CH4/c1-21(8-7-11-22-9-5-4-6-10-22)26-14-15-27-25-13-12-23-20-24(31)16-18-29(23,2)28(25)17-19-30(26,27)3;/h12,21-22,24-28,31H,4-11,13-20H2,1-3H3;1H4/t21?,24-,25?,26+,27?,28?,29?,30?;/m0./s1. The molecule has 0 aromatic rings. The first-order valence-electron chi connectivity index (χ1n) is 14.3. The first kappa shape index (κ1) is 24.8. The molecule has 5 rings (SSSR count). The summed E-state index contributed by atoms with van der Waals surface area (Å²) < 4.78 is 0. The van der Waals surface area contributed by atoms with Gasteiger partial charge < -0.3 is 5.11 Å². The zero-order chi connectivity index (χ0) is 21.6. The maximum Gasteiger partial charge on any atom is 0.0577 e. The Balaban J connectivity index is 0.00000245. The lowest BCUT2D eigenvalue weighted by Crippen LogP contribution is -2.50. The molecule has 0 aliphatic heterocycles. The van der Waals surface area contributed by atoms with Crippen LogP contribution in [0.5, 0.6) is 0 Å². The van der Waals surface area contributed by atoms with Gasteiger partial charge in [0.15, 0.2) is 0 Å². The number of hydrogen-bond acceptors (Lipinski definition) is 1. The highest BCUT2D eigenvalue weighted by molar-refractivity contribution is 5.25. The maximum atomic E-state index is 10.3. The fourth-order valence-electron chi connectivity index (χ4n) is 10.0. The molecule has 0 spiro atoms. The van der Waals surface area contributed by atoms with Gasteiger partial charge in [0.25, 0.3) is 0 Å². The number of rotatable bonds is 5. The summed E-state index contributed by atoms with van der Waals surface area (Å²) in [4.78, 5) is 0. The van der Waals surface area contributed by atoms with E-state index in [0.29, 0.717) is 10.8 Å². The molecule has 184 valence electrons. The minimum atomic E-state index is -0.0740. The van der Waals surface area contributed by atoms with Crippen LogP contribution in [0.1, 0.15) is 131 Å². The Morgan fingerprint density at radius 2 is 1.75 bits per heavy atom. The van der Waals surface area contributed by atoms with Gasteiger partial charge in [-0.05, 0) is 97.7 Å². The fraction of sp³-hybridized carbons (Fsp3) is 0.935. The number of aliphatic hydroxyl groups is 1. The van der Waals surface area contributed by atoms with E-state index in [1.54, 1.807) is 5.57 Å². The predicted molar refractivity (Wildman–Crippen MR) is 138 cm³/mol. The molecular formula is C31H54O. The first-order chi connectivity index (χ1) is 14.9. The van der Waals surface area contributed by atoms with Gasteiger partial charge >= 0.3 is 0 Å². The van der Waals surface area contributed by atoms with Gasteiger partial charge in [0.1, 0.15) is 0 Å². The molecule has 5 aliphatic rings. The van der Waals surface area contributed by atoms with Gasteiger partial charge in [-0.2, -0.15) is 0 Å². The Kier molecular flexibility index (Phi) is 7.56. The average Bonchev–Trinajstić information content (AvgIpc) is 3.12. The van der Waals surface area contributed by atoms with E-state index < -0.39 is 0 Å². The molecule has 0 amide bonds. The summed E-state index contributed by atoms with van der Waals surface area (Å²) in [5, 5.41) is 10.3. The van der Waals surface area contributed by atoms with Crippen LogP contribution in [0, 0.1) is 46.3 Å². The van der Waals surface area contributed by atoms with Crippen molar-refractivity contribution in [2.24, 2.45) is 46.3 Å². The first-order valence-corrected chi connectivity index (χ1v) is 14.3. The highest BCUT2D eigenvalue weighted by atomic mass is 16.3. The Morgan fingerprint density at radius 1 is 0.969 bits per heavy atom. The summed E-state index contributed by atoms with van der Waals surface area (Å²) in [5.74, 6) is 5.71. The lowest BCUT2D eigenvalue weighted by atomic mass is 9.47. The van der Waals surface area contributed by atoms with Crippen LogP contribution in [0.3, 0.4) is 0 Å². The molecule has 0 saturated heterocycles. The van der Waals surface area contributed by atoms with E-state index in [1.165, 1.54) is 89.9 Å². The molecule has 0 aromatic heterocycles. The van der Waals surface area contributed by atoms with Gasteiger partial charge in [-0.25, -0.2) is 0 Å². The van der Waals surface area contributed by atoms with Crippen molar-refractivity contribution in [1.29, 1.82) is 0 Å². The minimum Gasteiger partial charge on any atom is -0.393 e. The van der Waals surface area contributed by atoms with E-state index in [2.05, 4.69) is 26.8 Å². The Hall–Kier alpha value is -0.300. The quantitative estimate of drug-likeness (QED) is 0.421. The zero-order valence-electron chi connectivity index (χ0n) is 20.9. The van der Waals surface area contributed by atoms with Gasteiger partial charge in [-0.1, -0.05) is 91.2 Å². The molecule has 1 N–H and O–H groups in total. The van der Waals surface area contributed by atoms with Gasteiger partial charge in [0.05, 0.1) is 6.10 Å². The minimum absolute atomic E-state index is 0. The van der Waals surface area contributed by atoms with Crippen LogP contribution in [0.4, 0.5) is 0 Å². The van der Waals surface area contributed by atoms with E-state index in [9.17, 15) is 5.11 Å². The van der Waals surface area contributed by atoms with Crippen molar-refractivity contribution in [2.45, 2.75) is 137 Å². The van der Waals surface area contributed by atoms with E-state index in [1.807, 2.05) is 0 Å². The SMILES string of the molecule is C.CC(CCCC1CCCCC1)[C@H]1CCC2C3CC=C4C[C@@H](O)CCC4(C)C3CCC21C. The summed E-state index contributed by atoms with van der Waals surface area (Å²) in [5.41, 5.74) is 2.62. The van der Waals surface area contributed by atoms with Gasteiger partial charge in [-0.15, -0.1) is 0 Å². The highest BCUT2D eigenvalue weighted by Crippen LogP contribution is 2.67. The summed E-state index contributed by atoms with van der Waals surface area (Å²) >= 11 is 0. The topological polar surface area (TPSA) is 20.2 Å². The van der Waals surface area contributed by atoms with E-state index in [-0.39, 0.29) is 13.5 Å². The zero-order valence-corrected chi connectivity index (χ0v) is 20.9. The average molecular weight is 443 g/mol. The molecule has 0 radical (unpaired) electrons. The molecule has 5 aliphatic carbocycles. The summed E-state index contributed by atoms with van der Waals surface area (Å²) in [6.07, 6.45) is 25.0. The van der Waals surface area contributed by atoms with Crippen molar-refractivity contribution in [3.63, 3.8) is 0 Å². The molecule has 1 nitrogen and oxygen atoms in total. The van der Waals surface area contributed by atoms with Gasteiger partial charge in [-0.3, -0.25) is 0 Å². The number of fused-ring (bicyclic) bond motifs is 5. The number of allylic oxidation sites excluding steroid dienone is 1. The van der Waals surface area contributed by atoms with E-state index in [4.69, 9.17) is 0 Å². The Morgan fingerprint density at radius 3 is 2.53 bits per heavy atom. The molecule has 4 saturated carbocycles. The third-order valence-corrected chi connectivity index (χ3v) is 11.8. The molecule has 0 heterocycles. The van der Waals surface area contributed by atoms with Crippen LogP contribution in [0.25, 0.3) is 0 Å². The second-order valence-corrected chi connectivity index (χ2v) is 13.3. The third kappa shape index (κ3) is 4.27. The number of aliphatic hydroxyl groups excluding tert-OH is 1. The normalized spacial score (nSPS) is 45.1. The molecule has 8 atom stereocenters. The summed E-state index contributed by atoms with van der Waals surface area (Å²) in [6.45, 7) is 7.91. The van der Waals surface area contributed by atoms with Crippen molar-refractivity contribution < 1.29 is 5.11 Å². The molecule has 0 bridgehead atoms. The van der Waals surface area contributed by atoms with Crippen LogP contribution in [-0.4, -0.2) is 11.2 Å². The smallest absolute Gasteiger partial charge is 0.0577 e. The third-order valence-electron chi connectivity index (χ3n) is 11.8. The Bertz CT molecular complexity index is 659. The molecule has 6 unspecified atom stereocenters. The summed E-state index contributed by atoms with van der Waals surface area (Å²) in [6, 6.07) is 0. The molecule has 32 heavy (non-hydrogen) atoms. The van der Waals surface area contributed by atoms with Crippen molar-refractivity contribution in [3.05, 3.63) is 11.6 Å². The Labute approximate surface area is 200 Å². The monoisotopic (exact) mass is 442 g/mol. The van der Waals surface area contributed by atoms with Crippen LogP contribution in [0.2, 0.25) is 0 Å². The van der Waals surface area contributed by atoms with Crippen LogP contribution >= 0.6 is 0 Å². The molecule has 1 heteroatoms. The predicted octanol–water partition coefficient (Wildman–Crippen LogP) is 8.95. The lowest BCUT2D eigenvalue weighted by Gasteiger charge is -2.58. The maximum absolute atomic E-state index is 10.3. The van der Waals surface area contributed by atoms with Crippen molar-refractivity contribution in [2.75, 3.05) is 0 Å². The molecule has 4 fully saturated rings. The lowest BCUT2D eigenvalue weighted by molar-refractivity contribution is -0.0573. The van der Waals surface area contributed by atoms with Crippen molar-refractivity contribution >= 4 is 0 Å². The van der Waals surface area contributed by atoms with Gasteiger partial charge in [0, 0.05) is 0 Å². The van der Waals surface area contributed by atoms with Gasteiger partial charge in [0.2, 0.25) is 0 Å². The second kappa shape index (κ2) is 9.75. The number of hydrogen-bond donors (Lipinski definition) is 1. The molecule has 0 aromatic carbocycles. The second-order valence-electron chi connectivity index (χ2n) is 13.3. The van der Waals surface area contributed by atoms with Crippen molar-refractivity contribution in [3.8, 4) is 0 Å². The summed E-state index contributed by atoms with van der Waals surface area (Å²) in [7, 11) is 0. The van der Waals surface area contributed by atoms with Crippen LogP contribution < -0.4 is 0 Å². The fourth-order valence-corrected chi connectivity index (χ4v) is 10.0. The largest absolute Gasteiger partial charge is 0.393 e. The van der Waals surface area contributed by atoms with Crippen LogP contribution in [-0.2, 0) is 0 Å². The van der Waals surface area contributed by atoms with E-state index >= 15 is 0 Å². The van der Waals surface area contributed by atoms with Crippen molar-refractivity contribution in [1.82, 2.24) is 0 Å². The van der Waals surface area contributed by atoms with Crippen LogP contribution in [0.15, 0.2) is 11.6 Å². The molecular weight excluding hydrogens is 388 g/mol.